The van der Waals surface area contributed by atoms with E-state index >= 15 is 0 Å². The molecule has 0 aromatic carbocycles. The van der Waals surface area contributed by atoms with Crippen LogP contribution in [-0.2, 0) is 6.54 Å². The van der Waals surface area contributed by atoms with Crippen LogP contribution in [0.3, 0.4) is 0 Å². The number of rotatable bonds is 4. The third-order valence-electron chi connectivity index (χ3n) is 1.83. The monoisotopic (exact) mass is 208 g/mol. The van der Waals surface area contributed by atoms with Crippen molar-refractivity contribution in [3.05, 3.63) is 23.6 Å². The van der Waals surface area contributed by atoms with Crippen molar-refractivity contribution in [1.82, 2.24) is 20.3 Å². The SMILES string of the molecule is CCNCc1ncc(-c2nccs2)[nH]1. The van der Waals surface area contributed by atoms with E-state index in [1.165, 1.54) is 0 Å². The van der Waals surface area contributed by atoms with Crippen LogP contribution >= 0.6 is 11.3 Å². The molecule has 2 N–H and O–H groups in total. The second-order valence-corrected chi connectivity index (χ2v) is 3.76. The maximum absolute atomic E-state index is 4.26. The number of imidazole rings is 1. The summed E-state index contributed by atoms with van der Waals surface area (Å²) in [5.41, 5.74) is 0.993. The molecule has 0 saturated carbocycles. The highest BCUT2D eigenvalue weighted by atomic mass is 32.1. The molecule has 0 bridgehead atoms. The predicted molar refractivity (Wildman–Crippen MR) is 57.1 cm³/mol. The summed E-state index contributed by atoms with van der Waals surface area (Å²) in [6.45, 7) is 3.81. The Kier molecular flexibility index (Phi) is 2.90. The summed E-state index contributed by atoms with van der Waals surface area (Å²) in [7, 11) is 0. The van der Waals surface area contributed by atoms with E-state index in [9.17, 15) is 0 Å². The molecule has 0 aliphatic heterocycles. The Morgan fingerprint density at radius 3 is 3.14 bits per heavy atom. The number of nitrogens with one attached hydrogen (secondary N) is 2. The van der Waals surface area contributed by atoms with E-state index in [4.69, 9.17) is 0 Å². The molecule has 0 radical (unpaired) electrons. The number of hydrogen-bond donors (Lipinski definition) is 2. The number of aromatic amines is 1. The van der Waals surface area contributed by atoms with Gasteiger partial charge in [-0.25, -0.2) is 9.97 Å². The van der Waals surface area contributed by atoms with Crippen molar-refractivity contribution in [2.75, 3.05) is 6.54 Å². The van der Waals surface area contributed by atoms with E-state index in [1.54, 1.807) is 17.5 Å². The van der Waals surface area contributed by atoms with Gasteiger partial charge in [0.15, 0.2) is 0 Å². The third kappa shape index (κ3) is 2.00. The molecule has 2 aromatic heterocycles. The van der Waals surface area contributed by atoms with Gasteiger partial charge in [0, 0.05) is 11.6 Å². The smallest absolute Gasteiger partial charge is 0.141 e. The molecule has 0 amide bonds. The second kappa shape index (κ2) is 4.34. The summed E-state index contributed by atoms with van der Waals surface area (Å²) in [6, 6.07) is 0. The fourth-order valence-corrected chi connectivity index (χ4v) is 1.76. The highest BCUT2D eigenvalue weighted by molar-refractivity contribution is 7.13. The molecule has 74 valence electrons. The second-order valence-electron chi connectivity index (χ2n) is 2.86. The first-order chi connectivity index (χ1) is 6.90. The molecule has 14 heavy (non-hydrogen) atoms. The van der Waals surface area contributed by atoms with Crippen molar-refractivity contribution < 1.29 is 0 Å². The number of hydrogen-bond acceptors (Lipinski definition) is 4. The average molecular weight is 208 g/mol. The van der Waals surface area contributed by atoms with Crippen LogP contribution in [0.5, 0.6) is 0 Å². The fraction of sp³-hybridized carbons (Fsp3) is 0.333. The molecule has 5 heteroatoms. The number of aromatic nitrogens is 3. The molecule has 0 unspecified atom stereocenters. The van der Waals surface area contributed by atoms with Gasteiger partial charge in [-0.05, 0) is 6.54 Å². The van der Waals surface area contributed by atoms with Gasteiger partial charge in [0.05, 0.1) is 18.4 Å². The van der Waals surface area contributed by atoms with Gasteiger partial charge in [-0.2, -0.15) is 0 Å². The first-order valence-electron chi connectivity index (χ1n) is 4.54. The van der Waals surface area contributed by atoms with E-state index in [1.807, 2.05) is 11.6 Å². The number of thiazole rings is 1. The summed E-state index contributed by atoms with van der Waals surface area (Å²) < 4.78 is 0. The van der Waals surface area contributed by atoms with Crippen molar-refractivity contribution in [3.63, 3.8) is 0 Å². The molecular formula is C9H12N4S. The normalized spacial score (nSPS) is 10.6. The summed E-state index contributed by atoms with van der Waals surface area (Å²) in [4.78, 5) is 11.7. The van der Waals surface area contributed by atoms with Crippen molar-refractivity contribution in [2.24, 2.45) is 0 Å². The lowest BCUT2D eigenvalue weighted by molar-refractivity contribution is 0.698. The maximum Gasteiger partial charge on any atom is 0.141 e. The van der Waals surface area contributed by atoms with E-state index in [2.05, 4.69) is 27.2 Å². The maximum atomic E-state index is 4.26. The first-order valence-corrected chi connectivity index (χ1v) is 5.42. The van der Waals surface area contributed by atoms with Crippen LogP contribution in [-0.4, -0.2) is 21.5 Å². The minimum Gasteiger partial charge on any atom is -0.339 e. The lowest BCUT2D eigenvalue weighted by atomic mass is 10.5. The quantitative estimate of drug-likeness (QED) is 0.803. The van der Waals surface area contributed by atoms with Gasteiger partial charge >= 0.3 is 0 Å². The van der Waals surface area contributed by atoms with Gasteiger partial charge < -0.3 is 10.3 Å². The molecule has 2 rings (SSSR count). The number of H-pyrrole nitrogens is 1. The highest BCUT2D eigenvalue weighted by Crippen LogP contribution is 2.18. The summed E-state index contributed by atoms with van der Waals surface area (Å²) in [5.74, 6) is 0.956. The largest absolute Gasteiger partial charge is 0.339 e. The Hall–Kier alpha value is -1.20. The molecule has 0 spiro atoms. The zero-order chi connectivity index (χ0) is 9.80. The van der Waals surface area contributed by atoms with E-state index in [0.29, 0.717) is 0 Å². The van der Waals surface area contributed by atoms with E-state index < -0.39 is 0 Å². The standard InChI is InChI=1S/C9H12N4S/c1-2-10-6-8-12-5-7(13-8)9-11-3-4-14-9/h3-5,10H,2,6H2,1H3,(H,12,13). The summed E-state index contributed by atoms with van der Waals surface area (Å²) in [6.07, 6.45) is 3.62. The molecule has 0 fully saturated rings. The molecule has 2 heterocycles. The topological polar surface area (TPSA) is 53.6 Å². The predicted octanol–water partition coefficient (Wildman–Crippen LogP) is 1.64. The fourth-order valence-electron chi connectivity index (χ4n) is 1.16. The average Bonchev–Trinajstić information content (AvgIpc) is 2.85. The lowest BCUT2D eigenvalue weighted by Crippen LogP contribution is -2.12. The van der Waals surface area contributed by atoms with Crippen LogP contribution < -0.4 is 5.32 Å². The van der Waals surface area contributed by atoms with Crippen molar-refractivity contribution in [1.29, 1.82) is 0 Å². The van der Waals surface area contributed by atoms with Crippen LogP contribution in [0.1, 0.15) is 12.7 Å². The van der Waals surface area contributed by atoms with Gasteiger partial charge in [-0.3, -0.25) is 0 Å². The van der Waals surface area contributed by atoms with E-state index in [0.717, 1.165) is 29.6 Å². The summed E-state index contributed by atoms with van der Waals surface area (Å²) >= 11 is 1.61. The van der Waals surface area contributed by atoms with Crippen molar-refractivity contribution in [3.8, 4) is 10.7 Å². The van der Waals surface area contributed by atoms with Gasteiger partial charge in [0.1, 0.15) is 10.8 Å². The molecule has 4 nitrogen and oxygen atoms in total. The minimum atomic E-state index is 0.780. The summed E-state index contributed by atoms with van der Waals surface area (Å²) in [5, 5.41) is 6.16. The Morgan fingerprint density at radius 2 is 2.43 bits per heavy atom. The number of nitrogens with zero attached hydrogens (tertiary/aromatic N) is 2. The lowest BCUT2D eigenvalue weighted by Gasteiger charge is -1.95. The van der Waals surface area contributed by atoms with Crippen LogP contribution in [0, 0.1) is 0 Å². The van der Waals surface area contributed by atoms with Gasteiger partial charge in [-0.1, -0.05) is 6.92 Å². The molecule has 0 saturated heterocycles. The van der Waals surface area contributed by atoms with Crippen molar-refractivity contribution >= 4 is 11.3 Å². The minimum absolute atomic E-state index is 0.780. The van der Waals surface area contributed by atoms with E-state index in [-0.39, 0.29) is 0 Å². The molecular weight excluding hydrogens is 196 g/mol. The Balaban J connectivity index is 2.10. The molecule has 0 aliphatic carbocycles. The zero-order valence-electron chi connectivity index (χ0n) is 7.95. The van der Waals surface area contributed by atoms with Crippen LogP contribution in [0.25, 0.3) is 10.7 Å². The van der Waals surface area contributed by atoms with Gasteiger partial charge in [0.25, 0.3) is 0 Å². The third-order valence-corrected chi connectivity index (χ3v) is 2.64. The van der Waals surface area contributed by atoms with Gasteiger partial charge in [0.2, 0.25) is 0 Å². The van der Waals surface area contributed by atoms with Gasteiger partial charge in [-0.15, -0.1) is 11.3 Å². The molecule has 0 aliphatic rings. The van der Waals surface area contributed by atoms with Crippen LogP contribution in [0.15, 0.2) is 17.8 Å². The van der Waals surface area contributed by atoms with Crippen LogP contribution in [0.4, 0.5) is 0 Å². The van der Waals surface area contributed by atoms with Crippen LogP contribution in [0.2, 0.25) is 0 Å². The molecule has 0 atom stereocenters. The Bertz CT molecular complexity index is 379. The Morgan fingerprint density at radius 1 is 1.50 bits per heavy atom. The highest BCUT2D eigenvalue weighted by Gasteiger charge is 2.04. The van der Waals surface area contributed by atoms with Crippen molar-refractivity contribution in [2.45, 2.75) is 13.5 Å². The Labute approximate surface area is 86.4 Å². The zero-order valence-corrected chi connectivity index (χ0v) is 8.77. The first kappa shape index (κ1) is 9.36. The molecule has 2 aromatic rings.